The Morgan fingerprint density at radius 1 is 1.39 bits per heavy atom. The molecule has 0 radical (unpaired) electrons. The minimum atomic E-state index is -0.582. The summed E-state index contributed by atoms with van der Waals surface area (Å²) in [6.45, 7) is 5.62. The number of nitrogens with one attached hydrogen (secondary N) is 1. The second kappa shape index (κ2) is 9.66. The lowest BCUT2D eigenvalue weighted by Gasteiger charge is -2.30. The van der Waals surface area contributed by atoms with Crippen LogP contribution in [0.3, 0.4) is 0 Å². The molecule has 0 aliphatic carbocycles. The largest absolute Gasteiger partial charge is 0.466 e. The van der Waals surface area contributed by atoms with Crippen molar-refractivity contribution in [1.82, 2.24) is 10.2 Å². The number of hydrogen-bond acceptors (Lipinski definition) is 7. The number of thioether (sulfide) groups is 1. The third kappa shape index (κ3) is 5.77. The van der Waals surface area contributed by atoms with E-state index in [1.165, 1.54) is 32.1 Å². The Kier molecular flexibility index (Phi) is 7.00. The van der Waals surface area contributed by atoms with Gasteiger partial charge >= 0.3 is 5.97 Å². The number of piperidine rings is 1. The Labute approximate surface area is 168 Å². The zero-order valence-corrected chi connectivity index (χ0v) is 16.9. The first-order valence-corrected chi connectivity index (χ1v) is 10.1. The predicted molar refractivity (Wildman–Crippen MR) is 111 cm³/mol. The van der Waals surface area contributed by atoms with E-state index in [1.54, 1.807) is 6.21 Å². The molecule has 2 saturated heterocycles. The lowest BCUT2D eigenvalue weighted by molar-refractivity contribution is -0.135. The van der Waals surface area contributed by atoms with Crippen LogP contribution in [0.15, 0.2) is 45.4 Å². The number of ether oxygens (including phenoxy) is 1. The third-order valence-corrected chi connectivity index (χ3v) is 5.48. The molecule has 0 spiro atoms. The van der Waals surface area contributed by atoms with Crippen molar-refractivity contribution in [1.29, 1.82) is 0 Å². The van der Waals surface area contributed by atoms with Crippen molar-refractivity contribution in [3.63, 3.8) is 0 Å². The van der Waals surface area contributed by atoms with Gasteiger partial charge in [-0.15, -0.1) is 5.10 Å². The normalized spacial score (nSPS) is 23.5. The van der Waals surface area contributed by atoms with Crippen LogP contribution >= 0.6 is 11.8 Å². The zero-order chi connectivity index (χ0) is 19.9. The maximum atomic E-state index is 11.7. The van der Waals surface area contributed by atoms with Crippen LogP contribution in [0.1, 0.15) is 30.9 Å². The van der Waals surface area contributed by atoms with Crippen LogP contribution in [0.25, 0.3) is 0 Å². The quantitative estimate of drug-likeness (QED) is 0.355. The van der Waals surface area contributed by atoms with Gasteiger partial charge in [-0.2, -0.15) is 5.10 Å². The van der Waals surface area contributed by atoms with Crippen LogP contribution in [-0.4, -0.2) is 48.4 Å². The maximum Gasteiger partial charge on any atom is 0.331 e. The number of carbonyl (C=O) groups excluding carboxylic acids is 2. The number of likely N-dealkylation sites (tertiary alicyclic amines) is 1. The number of amidine groups is 1. The average Bonchev–Trinajstić information content (AvgIpc) is 3.02. The summed E-state index contributed by atoms with van der Waals surface area (Å²) in [4.78, 5) is 25.7. The lowest BCUT2D eigenvalue weighted by Crippen LogP contribution is -2.33. The van der Waals surface area contributed by atoms with Crippen molar-refractivity contribution in [3.8, 4) is 0 Å². The highest BCUT2D eigenvalue weighted by molar-refractivity contribution is 8.18. The van der Waals surface area contributed by atoms with Crippen LogP contribution in [0.4, 0.5) is 0 Å². The maximum absolute atomic E-state index is 11.7. The SMILES string of the molecule is COC(=O)/C=C1/S/C(=N\N=Cc2ccc(CN3CCCC(C)C3)cc2)NC1=O. The van der Waals surface area contributed by atoms with Crippen molar-refractivity contribution in [2.24, 2.45) is 16.1 Å². The fourth-order valence-corrected chi connectivity index (χ4v) is 3.93. The van der Waals surface area contributed by atoms with E-state index in [-0.39, 0.29) is 10.8 Å². The Morgan fingerprint density at radius 2 is 2.18 bits per heavy atom. The number of amides is 1. The van der Waals surface area contributed by atoms with Gasteiger partial charge in [0, 0.05) is 19.2 Å². The molecule has 28 heavy (non-hydrogen) atoms. The average molecular weight is 401 g/mol. The fourth-order valence-electron chi connectivity index (χ4n) is 3.19. The number of methoxy groups -OCH3 is 1. The van der Waals surface area contributed by atoms with Gasteiger partial charge in [0.25, 0.3) is 5.91 Å². The van der Waals surface area contributed by atoms with Crippen LogP contribution in [0, 0.1) is 5.92 Å². The van der Waals surface area contributed by atoms with E-state index in [9.17, 15) is 9.59 Å². The highest BCUT2D eigenvalue weighted by Gasteiger charge is 2.25. The van der Waals surface area contributed by atoms with Crippen LogP contribution in [0.5, 0.6) is 0 Å². The molecular formula is C20H24N4O3S. The Hall–Kier alpha value is -2.45. The summed E-state index contributed by atoms with van der Waals surface area (Å²) in [7, 11) is 1.26. The first-order chi connectivity index (χ1) is 13.5. The molecule has 0 saturated carbocycles. The molecule has 0 bridgehead atoms. The fraction of sp³-hybridized carbons (Fsp3) is 0.400. The second-order valence-corrected chi connectivity index (χ2v) is 7.99. The number of rotatable bonds is 5. The predicted octanol–water partition coefficient (Wildman–Crippen LogP) is 2.53. The molecule has 1 aromatic carbocycles. The van der Waals surface area contributed by atoms with Crippen LogP contribution < -0.4 is 5.32 Å². The highest BCUT2D eigenvalue weighted by Crippen LogP contribution is 2.23. The van der Waals surface area contributed by atoms with Gasteiger partial charge in [0.15, 0.2) is 5.17 Å². The molecule has 1 unspecified atom stereocenters. The molecule has 2 aliphatic heterocycles. The van der Waals surface area contributed by atoms with E-state index < -0.39 is 5.97 Å². The van der Waals surface area contributed by atoms with E-state index in [1.807, 2.05) is 12.1 Å². The smallest absolute Gasteiger partial charge is 0.331 e. The molecule has 2 heterocycles. The van der Waals surface area contributed by atoms with Gasteiger partial charge in [0.2, 0.25) is 0 Å². The van der Waals surface area contributed by atoms with Gasteiger partial charge in [-0.25, -0.2) is 4.79 Å². The molecule has 2 fully saturated rings. The molecule has 7 nitrogen and oxygen atoms in total. The number of hydrogen-bond donors (Lipinski definition) is 1. The molecule has 2 aliphatic rings. The van der Waals surface area contributed by atoms with Crippen molar-refractivity contribution in [3.05, 3.63) is 46.4 Å². The molecule has 1 aromatic rings. The summed E-state index contributed by atoms with van der Waals surface area (Å²) in [5.74, 6) is -0.196. The summed E-state index contributed by atoms with van der Waals surface area (Å²) in [6, 6.07) is 8.23. The second-order valence-electron chi connectivity index (χ2n) is 6.96. The Balaban J connectivity index is 1.55. The molecule has 1 amide bonds. The standard InChI is InChI=1S/C20H24N4O3S/c1-14-4-3-9-24(12-14)13-16-7-5-15(6-8-16)11-21-23-20-22-19(26)17(28-20)10-18(25)27-2/h5-8,10-11,14H,3-4,9,12-13H2,1-2H3,(H,22,23,26)/b17-10+,21-11?. The van der Waals surface area contributed by atoms with Crippen molar-refractivity contribution in [2.75, 3.05) is 20.2 Å². The van der Waals surface area contributed by atoms with E-state index >= 15 is 0 Å². The van der Waals surface area contributed by atoms with Crippen molar-refractivity contribution in [2.45, 2.75) is 26.3 Å². The van der Waals surface area contributed by atoms with E-state index in [0.29, 0.717) is 5.17 Å². The summed E-state index contributed by atoms with van der Waals surface area (Å²) < 4.78 is 4.52. The summed E-state index contributed by atoms with van der Waals surface area (Å²) >= 11 is 1.05. The van der Waals surface area contributed by atoms with Crippen LogP contribution in [-0.2, 0) is 20.9 Å². The van der Waals surface area contributed by atoms with E-state index in [0.717, 1.165) is 42.4 Å². The van der Waals surface area contributed by atoms with E-state index in [4.69, 9.17) is 0 Å². The van der Waals surface area contributed by atoms with Gasteiger partial charge in [-0.3, -0.25) is 15.0 Å². The molecule has 8 heteroatoms. The molecular weight excluding hydrogens is 376 g/mol. The third-order valence-electron chi connectivity index (χ3n) is 4.58. The summed E-state index contributed by atoms with van der Waals surface area (Å²) in [5.41, 5.74) is 2.22. The molecule has 0 aromatic heterocycles. The van der Waals surface area contributed by atoms with Gasteiger partial charge in [-0.05, 0) is 48.2 Å². The monoisotopic (exact) mass is 400 g/mol. The number of esters is 1. The number of nitrogens with zero attached hydrogens (tertiary/aromatic N) is 3. The Morgan fingerprint density at radius 3 is 2.89 bits per heavy atom. The first-order valence-electron chi connectivity index (χ1n) is 9.24. The molecule has 148 valence electrons. The number of carbonyl (C=O) groups is 2. The molecule has 1 N–H and O–H groups in total. The van der Waals surface area contributed by atoms with Gasteiger partial charge in [0.1, 0.15) is 0 Å². The molecule has 3 rings (SSSR count). The minimum absolute atomic E-state index is 0.234. The lowest BCUT2D eigenvalue weighted by atomic mass is 10.00. The summed E-state index contributed by atoms with van der Waals surface area (Å²) in [6.07, 6.45) is 5.37. The van der Waals surface area contributed by atoms with E-state index in [2.05, 4.69) is 44.2 Å². The molecule has 1 atom stereocenters. The summed E-state index contributed by atoms with van der Waals surface area (Å²) in [5, 5.41) is 10.9. The Bertz CT molecular complexity index is 817. The van der Waals surface area contributed by atoms with Gasteiger partial charge in [0.05, 0.1) is 18.2 Å². The zero-order valence-electron chi connectivity index (χ0n) is 16.1. The highest BCUT2D eigenvalue weighted by atomic mass is 32.2. The topological polar surface area (TPSA) is 83.4 Å². The van der Waals surface area contributed by atoms with Gasteiger partial charge < -0.3 is 4.74 Å². The minimum Gasteiger partial charge on any atom is -0.466 e. The van der Waals surface area contributed by atoms with Gasteiger partial charge in [-0.1, -0.05) is 31.2 Å². The first kappa shape index (κ1) is 20.3. The van der Waals surface area contributed by atoms with Crippen molar-refractivity contribution >= 4 is 35.0 Å². The number of benzene rings is 1. The van der Waals surface area contributed by atoms with Crippen LogP contribution in [0.2, 0.25) is 0 Å². The van der Waals surface area contributed by atoms with Crippen molar-refractivity contribution < 1.29 is 14.3 Å².